The van der Waals surface area contributed by atoms with Crippen LogP contribution in [0, 0.1) is 17.5 Å². The highest BCUT2D eigenvalue weighted by Gasteiger charge is 2.36. The predicted octanol–water partition coefficient (Wildman–Crippen LogP) is 6.62. The summed E-state index contributed by atoms with van der Waals surface area (Å²) in [4.78, 5) is 25.3. The van der Waals surface area contributed by atoms with Crippen molar-refractivity contribution in [2.75, 3.05) is 5.32 Å². The lowest BCUT2D eigenvalue weighted by Gasteiger charge is -2.18. The number of benzene rings is 3. The summed E-state index contributed by atoms with van der Waals surface area (Å²) in [5.74, 6) is -5.44. The Kier molecular flexibility index (Phi) is 6.11. The molecule has 3 aromatic carbocycles. The fourth-order valence-corrected chi connectivity index (χ4v) is 4.29. The second-order valence-electron chi connectivity index (χ2n) is 7.29. The van der Waals surface area contributed by atoms with Crippen LogP contribution in [0.2, 0.25) is 5.02 Å². The van der Waals surface area contributed by atoms with E-state index < -0.39 is 52.6 Å². The minimum atomic E-state index is -4.89. The largest absolute Gasteiger partial charge is 0.416 e. The zero-order valence-electron chi connectivity index (χ0n) is 16.5. The fourth-order valence-electron chi connectivity index (χ4n) is 3.57. The first-order valence-corrected chi connectivity index (χ1v) is 10.5. The minimum absolute atomic E-state index is 0.0180. The maximum atomic E-state index is 13.9. The van der Waals surface area contributed by atoms with E-state index in [0.717, 1.165) is 12.1 Å². The molecule has 0 aromatic heterocycles. The highest BCUT2D eigenvalue weighted by Crippen LogP contribution is 2.41. The quantitative estimate of drug-likeness (QED) is 0.278. The van der Waals surface area contributed by atoms with Crippen LogP contribution in [0.5, 0.6) is 0 Å². The highest BCUT2D eigenvalue weighted by atomic mass is 79.9. The predicted molar refractivity (Wildman–Crippen MR) is 114 cm³/mol. The van der Waals surface area contributed by atoms with E-state index >= 15 is 0 Å². The number of anilines is 1. The maximum absolute atomic E-state index is 13.9. The van der Waals surface area contributed by atoms with Gasteiger partial charge in [-0.1, -0.05) is 27.5 Å². The van der Waals surface area contributed by atoms with Crippen molar-refractivity contribution < 1.29 is 35.9 Å². The normalized spacial score (nSPS) is 15.2. The smallest absolute Gasteiger partial charge is 0.341 e. The molecule has 0 radical (unpaired) electrons. The Labute approximate surface area is 201 Å². The number of amides is 2. The van der Waals surface area contributed by atoms with Crippen LogP contribution in [-0.2, 0) is 6.18 Å². The van der Waals surface area contributed by atoms with Gasteiger partial charge >= 0.3 is 6.18 Å². The molecule has 1 aliphatic heterocycles. The molecule has 1 heterocycles. The Morgan fingerprint density at radius 3 is 2.35 bits per heavy atom. The molecule has 176 valence electrons. The summed E-state index contributed by atoms with van der Waals surface area (Å²) in [7, 11) is 0. The molecule has 0 saturated heterocycles. The van der Waals surface area contributed by atoms with Gasteiger partial charge in [-0.2, -0.15) is 13.2 Å². The number of halogens is 8. The summed E-state index contributed by atoms with van der Waals surface area (Å²) in [6.07, 6.45) is -4.89. The molecular weight excluding hydrogens is 554 g/mol. The first kappa shape index (κ1) is 24.1. The molecule has 0 saturated carbocycles. The van der Waals surface area contributed by atoms with Crippen molar-refractivity contribution in [2.45, 2.75) is 12.2 Å². The molecule has 12 heteroatoms. The monoisotopic (exact) mass is 562 g/mol. The third kappa shape index (κ3) is 4.49. The maximum Gasteiger partial charge on any atom is 0.416 e. The van der Waals surface area contributed by atoms with Crippen molar-refractivity contribution in [2.24, 2.45) is 0 Å². The lowest BCUT2D eigenvalue weighted by Crippen LogP contribution is -2.21. The van der Waals surface area contributed by atoms with Gasteiger partial charge in [0.15, 0.2) is 11.6 Å². The molecule has 1 aliphatic rings. The molecule has 0 bridgehead atoms. The number of rotatable bonds is 3. The molecule has 4 nitrogen and oxygen atoms in total. The number of alkyl halides is 3. The first-order chi connectivity index (χ1) is 15.8. The van der Waals surface area contributed by atoms with Crippen molar-refractivity contribution in [3.05, 3.63) is 97.2 Å². The molecule has 4 rings (SSSR count). The van der Waals surface area contributed by atoms with Crippen LogP contribution in [0.4, 0.5) is 32.0 Å². The van der Waals surface area contributed by atoms with Gasteiger partial charge in [0.05, 0.1) is 11.6 Å². The van der Waals surface area contributed by atoms with Crippen molar-refractivity contribution in [3.8, 4) is 0 Å². The Balaban J connectivity index is 1.79. The Morgan fingerprint density at radius 1 is 1.00 bits per heavy atom. The molecule has 1 atom stereocenters. The molecule has 3 aromatic rings. The number of fused-ring (bicyclic) bond motifs is 1. The first-order valence-electron chi connectivity index (χ1n) is 9.33. The average Bonchev–Trinajstić information content (AvgIpc) is 3.06. The van der Waals surface area contributed by atoms with Gasteiger partial charge in [-0.3, -0.25) is 9.59 Å². The van der Waals surface area contributed by atoms with Crippen LogP contribution in [0.15, 0.2) is 46.9 Å². The summed E-state index contributed by atoms with van der Waals surface area (Å²) in [6.45, 7) is 0. The number of carbonyl (C=O) groups is 2. The Bertz CT molecular complexity index is 1360. The van der Waals surface area contributed by atoms with Crippen LogP contribution >= 0.6 is 27.5 Å². The standard InChI is InChI=1S/C22H10BrClF6N2O2/c23-10-4-13-18(19(32-21(13)34)12-6-15(26)16(27)7-14(12)24)17(5-10)31-20(33)8-1-9(22(28,29)30)3-11(25)2-8/h1-7,19H,(H,31,33)(H,32,34). The number of nitrogens with one attached hydrogen (secondary N) is 2. The van der Waals surface area contributed by atoms with Crippen LogP contribution in [0.1, 0.15) is 43.4 Å². The van der Waals surface area contributed by atoms with Crippen molar-refractivity contribution >= 4 is 45.0 Å². The molecular formula is C22H10BrClF6N2O2. The zero-order valence-corrected chi connectivity index (χ0v) is 18.8. The third-order valence-electron chi connectivity index (χ3n) is 5.04. The van der Waals surface area contributed by atoms with Gasteiger partial charge in [-0.05, 0) is 42.5 Å². The molecule has 1 unspecified atom stereocenters. The zero-order chi connectivity index (χ0) is 24.9. The SMILES string of the molecule is O=C(Nc1cc(Br)cc2c1C(c1cc(F)c(F)cc1Cl)NC2=O)c1cc(F)cc(C(F)(F)F)c1. The Morgan fingerprint density at radius 2 is 1.68 bits per heavy atom. The fraction of sp³-hybridized carbons (Fsp3) is 0.0909. The van der Waals surface area contributed by atoms with Crippen molar-refractivity contribution in [1.29, 1.82) is 0 Å². The number of carbonyl (C=O) groups excluding carboxylic acids is 2. The molecule has 2 N–H and O–H groups in total. The third-order valence-corrected chi connectivity index (χ3v) is 5.82. The summed E-state index contributed by atoms with van der Waals surface area (Å²) >= 11 is 9.23. The molecule has 34 heavy (non-hydrogen) atoms. The average molecular weight is 564 g/mol. The topological polar surface area (TPSA) is 58.2 Å². The van der Waals surface area contributed by atoms with Gasteiger partial charge in [0.1, 0.15) is 5.82 Å². The summed E-state index contributed by atoms with van der Waals surface area (Å²) in [5.41, 5.74) is -1.89. The van der Waals surface area contributed by atoms with Crippen LogP contribution in [0.25, 0.3) is 0 Å². The summed E-state index contributed by atoms with van der Waals surface area (Å²) in [5, 5.41) is 4.70. The van der Waals surface area contributed by atoms with E-state index in [-0.39, 0.29) is 33.5 Å². The van der Waals surface area contributed by atoms with E-state index in [1.165, 1.54) is 12.1 Å². The second-order valence-corrected chi connectivity index (χ2v) is 8.61. The molecule has 0 aliphatic carbocycles. The van der Waals surface area contributed by atoms with Gasteiger partial charge in [0, 0.05) is 37.4 Å². The van der Waals surface area contributed by atoms with Gasteiger partial charge in [0.25, 0.3) is 11.8 Å². The minimum Gasteiger partial charge on any atom is -0.341 e. The second kappa shape index (κ2) is 8.62. The van der Waals surface area contributed by atoms with Gasteiger partial charge < -0.3 is 10.6 Å². The van der Waals surface area contributed by atoms with E-state index in [4.69, 9.17) is 11.6 Å². The molecule has 0 fully saturated rings. The van der Waals surface area contributed by atoms with Crippen LogP contribution < -0.4 is 10.6 Å². The number of hydrogen-bond donors (Lipinski definition) is 2. The van der Waals surface area contributed by atoms with Gasteiger partial charge in [0.2, 0.25) is 0 Å². The lowest BCUT2D eigenvalue weighted by atomic mass is 9.96. The van der Waals surface area contributed by atoms with E-state index in [9.17, 15) is 35.9 Å². The lowest BCUT2D eigenvalue weighted by molar-refractivity contribution is -0.137. The van der Waals surface area contributed by atoms with Gasteiger partial charge in [-0.15, -0.1) is 0 Å². The summed E-state index contributed by atoms with van der Waals surface area (Å²) < 4.78 is 80.6. The van der Waals surface area contributed by atoms with E-state index in [2.05, 4.69) is 26.6 Å². The van der Waals surface area contributed by atoms with Crippen LogP contribution in [0.3, 0.4) is 0 Å². The van der Waals surface area contributed by atoms with Crippen molar-refractivity contribution in [3.63, 3.8) is 0 Å². The summed E-state index contributed by atoms with van der Waals surface area (Å²) in [6, 6.07) is 4.48. The van der Waals surface area contributed by atoms with E-state index in [1.807, 2.05) is 0 Å². The van der Waals surface area contributed by atoms with E-state index in [1.54, 1.807) is 0 Å². The highest BCUT2D eigenvalue weighted by molar-refractivity contribution is 9.10. The van der Waals surface area contributed by atoms with Crippen molar-refractivity contribution in [1.82, 2.24) is 5.32 Å². The molecule has 2 amide bonds. The van der Waals surface area contributed by atoms with Crippen LogP contribution in [-0.4, -0.2) is 11.8 Å². The molecule has 0 spiro atoms. The van der Waals surface area contributed by atoms with Gasteiger partial charge in [-0.25, -0.2) is 13.2 Å². The number of hydrogen-bond acceptors (Lipinski definition) is 2. The van der Waals surface area contributed by atoms with E-state index in [0.29, 0.717) is 16.6 Å². The Hall–Kier alpha value is -3.05.